The number of hydrogen-bond acceptors (Lipinski definition) is 3. The lowest BCUT2D eigenvalue weighted by atomic mass is 10.1. The number of benzene rings is 3. The van der Waals surface area contributed by atoms with E-state index in [9.17, 15) is 18.4 Å². The quantitative estimate of drug-likeness (QED) is 0.490. The number of carbonyl (C=O) groups excluding carboxylic acids is 2. The van der Waals surface area contributed by atoms with Crippen LogP contribution in [0, 0.1) is 11.6 Å². The highest BCUT2D eigenvalue weighted by Crippen LogP contribution is 2.26. The van der Waals surface area contributed by atoms with Crippen molar-refractivity contribution in [1.29, 1.82) is 0 Å². The van der Waals surface area contributed by atoms with Crippen LogP contribution >= 0.6 is 0 Å². The molecule has 0 aliphatic rings. The molecule has 0 aliphatic carbocycles. The summed E-state index contributed by atoms with van der Waals surface area (Å²) in [5.74, 6) is -1.16. The second-order valence-corrected chi connectivity index (χ2v) is 8.02. The van der Waals surface area contributed by atoms with Crippen LogP contribution in [0.2, 0.25) is 0 Å². The number of urea groups is 1. The van der Waals surface area contributed by atoms with Crippen molar-refractivity contribution in [3.8, 4) is 0 Å². The second-order valence-electron chi connectivity index (χ2n) is 8.02. The molecule has 0 atom stereocenters. The summed E-state index contributed by atoms with van der Waals surface area (Å²) in [5.41, 5.74) is 3.16. The van der Waals surface area contributed by atoms with E-state index in [2.05, 4.69) is 10.6 Å². The van der Waals surface area contributed by atoms with Crippen molar-refractivity contribution >= 4 is 23.3 Å². The number of nitrogens with one attached hydrogen (secondary N) is 2. The van der Waals surface area contributed by atoms with Crippen LogP contribution in [0.5, 0.6) is 0 Å². The molecule has 0 saturated carbocycles. The van der Waals surface area contributed by atoms with Crippen molar-refractivity contribution in [1.82, 2.24) is 10.2 Å². The van der Waals surface area contributed by atoms with Crippen LogP contribution in [0.1, 0.15) is 28.4 Å². The first-order valence-corrected chi connectivity index (χ1v) is 10.9. The molecule has 0 fully saturated rings. The number of nitrogens with zero attached hydrogens (tertiary/aromatic N) is 2. The van der Waals surface area contributed by atoms with Gasteiger partial charge in [-0.1, -0.05) is 12.1 Å². The van der Waals surface area contributed by atoms with Crippen LogP contribution in [0.4, 0.5) is 25.0 Å². The number of anilines is 2. The molecule has 34 heavy (non-hydrogen) atoms. The lowest BCUT2D eigenvalue weighted by Crippen LogP contribution is -2.31. The Hall–Kier alpha value is -3.94. The topological polar surface area (TPSA) is 64.7 Å². The first-order valence-electron chi connectivity index (χ1n) is 10.9. The summed E-state index contributed by atoms with van der Waals surface area (Å²) < 4.78 is 27.2. The molecule has 0 aromatic heterocycles. The molecule has 6 nitrogen and oxygen atoms in total. The molecule has 2 N–H and O–H groups in total. The van der Waals surface area contributed by atoms with Gasteiger partial charge >= 0.3 is 6.03 Å². The molecule has 0 heterocycles. The Morgan fingerprint density at radius 3 is 2.26 bits per heavy atom. The van der Waals surface area contributed by atoms with Crippen molar-refractivity contribution in [3.63, 3.8) is 0 Å². The number of carbonyl (C=O) groups is 2. The van der Waals surface area contributed by atoms with E-state index in [1.807, 2.05) is 32.0 Å². The average molecular weight is 467 g/mol. The highest BCUT2D eigenvalue weighted by molar-refractivity contribution is 5.94. The van der Waals surface area contributed by atoms with Crippen LogP contribution in [0.25, 0.3) is 0 Å². The van der Waals surface area contributed by atoms with E-state index in [-0.39, 0.29) is 25.0 Å². The van der Waals surface area contributed by atoms with Gasteiger partial charge in [-0.25, -0.2) is 13.6 Å². The third-order valence-corrected chi connectivity index (χ3v) is 5.16. The maximum absolute atomic E-state index is 13.8. The van der Waals surface area contributed by atoms with Crippen LogP contribution in [0.3, 0.4) is 0 Å². The van der Waals surface area contributed by atoms with Crippen LogP contribution in [0.15, 0.2) is 66.7 Å². The summed E-state index contributed by atoms with van der Waals surface area (Å²) in [5, 5.41) is 5.47. The first-order chi connectivity index (χ1) is 16.3. The largest absolute Gasteiger partial charge is 0.377 e. The number of amides is 3. The maximum Gasteiger partial charge on any atom is 0.319 e. The fraction of sp³-hybridized carbons (Fsp3) is 0.231. The van der Waals surface area contributed by atoms with Crippen molar-refractivity contribution in [3.05, 3.63) is 95.1 Å². The van der Waals surface area contributed by atoms with E-state index < -0.39 is 11.6 Å². The van der Waals surface area contributed by atoms with E-state index >= 15 is 0 Å². The molecule has 8 heteroatoms. The molecule has 0 bridgehead atoms. The number of hydrogen-bond donors (Lipinski definition) is 2. The van der Waals surface area contributed by atoms with Gasteiger partial charge in [0, 0.05) is 50.7 Å². The summed E-state index contributed by atoms with van der Waals surface area (Å²) in [7, 11) is 3.77. The Morgan fingerprint density at radius 1 is 0.882 bits per heavy atom. The second kappa shape index (κ2) is 11.3. The molecule has 3 aromatic carbocycles. The third kappa shape index (κ3) is 6.54. The van der Waals surface area contributed by atoms with E-state index in [1.165, 1.54) is 36.4 Å². The zero-order valence-corrected chi connectivity index (χ0v) is 19.4. The third-order valence-electron chi connectivity index (χ3n) is 5.16. The van der Waals surface area contributed by atoms with E-state index in [4.69, 9.17) is 0 Å². The predicted octanol–water partition coefficient (Wildman–Crippen LogP) is 5.01. The molecule has 3 aromatic rings. The number of halogens is 2. The highest BCUT2D eigenvalue weighted by atomic mass is 19.1. The highest BCUT2D eigenvalue weighted by Gasteiger charge is 2.20. The van der Waals surface area contributed by atoms with Gasteiger partial charge < -0.3 is 20.4 Å². The van der Waals surface area contributed by atoms with Crippen LogP contribution < -0.4 is 15.5 Å². The summed E-state index contributed by atoms with van der Waals surface area (Å²) in [6.07, 6.45) is 0. The van der Waals surface area contributed by atoms with Gasteiger partial charge in [0.25, 0.3) is 5.91 Å². The molecule has 178 valence electrons. The summed E-state index contributed by atoms with van der Waals surface area (Å²) in [6.45, 7) is 2.65. The standard InChI is InChI=1S/C26H28F2N4O2/c1-4-29-26(34)30-23-12-13-24(31(2)3)20(15-23)17-32(16-18-6-5-7-22(28)14-18)25(33)19-8-10-21(27)11-9-19/h5-15H,4,16-17H2,1-3H3,(H2,29,30,34). The van der Waals surface area contributed by atoms with Crippen molar-refractivity contribution in [2.24, 2.45) is 0 Å². The Kier molecular flexibility index (Phi) is 8.19. The van der Waals surface area contributed by atoms with Gasteiger partial charge in [-0.2, -0.15) is 0 Å². The Labute approximate surface area is 198 Å². The fourth-order valence-electron chi connectivity index (χ4n) is 3.60. The zero-order chi connectivity index (χ0) is 24.7. The fourth-order valence-corrected chi connectivity index (χ4v) is 3.60. The molecule has 0 saturated heterocycles. The lowest BCUT2D eigenvalue weighted by Gasteiger charge is -2.26. The Bertz CT molecular complexity index is 1150. The molecular formula is C26H28F2N4O2. The van der Waals surface area contributed by atoms with Gasteiger partial charge in [0.15, 0.2) is 0 Å². The minimum Gasteiger partial charge on any atom is -0.377 e. The maximum atomic E-state index is 13.8. The van der Waals surface area contributed by atoms with Gasteiger partial charge in [-0.15, -0.1) is 0 Å². The Balaban J connectivity index is 1.97. The summed E-state index contributed by atoms with van der Waals surface area (Å²) in [6, 6.07) is 16.5. The minimum absolute atomic E-state index is 0.148. The smallest absolute Gasteiger partial charge is 0.319 e. The molecule has 3 amide bonds. The van der Waals surface area contributed by atoms with Gasteiger partial charge in [-0.3, -0.25) is 4.79 Å². The van der Waals surface area contributed by atoms with Crippen molar-refractivity contribution in [2.75, 3.05) is 30.9 Å². The van der Waals surface area contributed by atoms with Gasteiger partial charge in [-0.05, 0) is 72.6 Å². The normalized spacial score (nSPS) is 10.5. The van der Waals surface area contributed by atoms with Crippen molar-refractivity contribution < 1.29 is 18.4 Å². The van der Waals surface area contributed by atoms with Gasteiger partial charge in [0.2, 0.25) is 0 Å². The van der Waals surface area contributed by atoms with E-state index in [0.717, 1.165) is 11.3 Å². The molecule has 3 rings (SSSR count). The molecule has 0 unspecified atom stereocenters. The van der Waals surface area contributed by atoms with E-state index in [1.54, 1.807) is 29.2 Å². The summed E-state index contributed by atoms with van der Waals surface area (Å²) in [4.78, 5) is 28.9. The lowest BCUT2D eigenvalue weighted by molar-refractivity contribution is 0.0730. The zero-order valence-electron chi connectivity index (χ0n) is 19.4. The molecule has 0 radical (unpaired) electrons. The predicted molar refractivity (Wildman–Crippen MR) is 130 cm³/mol. The first kappa shape index (κ1) is 24.7. The van der Waals surface area contributed by atoms with E-state index in [0.29, 0.717) is 23.4 Å². The minimum atomic E-state index is -0.438. The SMILES string of the molecule is CCNC(=O)Nc1ccc(N(C)C)c(CN(Cc2cccc(F)c2)C(=O)c2ccc(F)cc2)c1. The van der Waals surface area contributed by atoms with Crippen LogP contribution in [-0.4, -0.2) is 37.5 Å². The Morgan fingerprint density at radius 2 is 1.62 bits per heavy atom. The number of rotatable bonds is 8. The summed E-state index contributed by atoms with van der Waals surface area (Å²) >= 11 is 0. The molecule has 0 spiro atoms. The van der Waals surface area contributed by atoms with Crippen LogP contribution in [-0.2, 0) is 13.1 Å². The monoisotopic (exact) mass is 466 g/mol. The molecular weight excluding hydrogens is 438 g/mol. The average Bonchev–Trinajstić information content (AvgIpc) is 2.79. The van der Waals surface area contributed by atoms with Gasteiger partial charge in [0.05, 0.1) is 0 Å². The van der Waals surface area contributed by atoms with Gasteiger partial charge in [0.1, 0.15) is 11.6 Å². The molecule has 0 aliphatic heterocycles. The van der Waals surface area contributed by atoms with Crippen molar-refractivity contribution in [2.45, 2.75) is 20.0 Å².